The molecule has 1 aromatic heterocycles. The van der Waals surface area contributed by atoms with Crippen LogP contribution in [0.3, 0.4) is 0 Å². The molecular weight excluding hydrogens is 435 g/mol. The molecule has 0 unspecified atom stereocenters. The van der Waals surface area contributed by atoms with E-state index in [0.717, 1.165) is 19.1 Å². The molecule has 2 rings (SSSR count). The molecule has 0 aliphatic carbocycles. The van der Waals surface area contributed by atoms with Gasteiger partial charge in [0, 0.05) is 16.0 Å². The third-order valence-electron chi connectivity index (χ3n) is 1.99. The molecule has 0 bridgehead atoms. The zero-order chi connectivity index (χ0) is 10.8. The molecule has 0 N–H and O–H groups in total. The Hall–Kier alpha value is 0.120. The highest BCUT2D eigenvalue weighted by Gasteiger charge is 2.05. The van der Waals surface area contributed by atoms with Crippen molar-refractivity contribution in [2.45, 2.75) is 5.33 Å². The van der Waals surface area contributed by atoms with Crippen LogP contribution in [0.2, 0.25) is 0 Å². The van der Waals surface area contributed by atoms with E-state index >= 15 is 0 Å². The highest BCUT2D eigenvalue weighted by molar-refractivity contribution is 14.1. The van der Waals surface area contributed by atoms with Gasteiger partial charge in [-0.2, -0.15) is 5.10 Å². The molecular formula is C10H7Br2IN2. The third-order valence-corrected chi connectivity index (χ3v) is 3.64. The lowest BCUT2D eigenvalue weighted by Gasteiger charge is -2.07. The maximum atomic E-state index is 4.30. The number of hydrogen-bond donors (Lipinski definition) is 0. The van der Waals surface area contributed by atoms with E-state index in [2.05, 4.69) is 71.7 Å². The van der Waals surface area contributed by atoms with Crippen LogP contribution in [0.5, 0.6) is 0 Å². The lowest BCUT2D eigenvalue weighted by atomic mass is 10.2. The molecule has 5 heteroatoms. The third kappa shape index (κ3) is 2.62. The number of benzene rings is 1. The number of alkyl halides is 1. The van der Waals surface area contributed by atoms with Crippen molar-refractivity contribution in [1.29, 1.82) is 0 Å². The Morgan fingerprint density at radius 2 is 2.20 bits per heavy atom. The lowest BCUT2D eigenvalue weighted by molar-refractivity contribution is 0.871. The van der Waals surface area contributed by atoms with Gasteiger partial charge in [0.05, 0.1) is 15.5 Å². The molecule has 0 atom stereocenters. The Morgan fingerprint density at radius 1 is 1.40 bits per heavy atom. The van der Waals surface area contributed by atoms with Crippen molar-refractivity contribution in [3.8, 4) is 5.69 Å². The van der Waals surface area contributed by atoms with E-state index in [-0.39, 0.29) is 0 Å². The minimum absolute atomic E-state index is 0.825. The van der Waals surface area contributed by atoms with Gasteiger partial charge in [-0.15, -0.1) is 0 Å². The molecule has 0 spiro atoms. The first-order valence-corrected chi connectivity index (χ1v) is 7.25. The van der Waals surface area contributed by atoms with Crippen LogP contribution < -0.4 is 0 Å². The largest absolute Gasteiger partial charge is 0.240 e. The average molecular weight is 442 g/mol. The summed E-state index contributed by atoms with van der Waals surface area (Å²) >= 11 is 9.20. The first-order chi connectivity index (χ1) is 7.20. The summed E-state index contributed by atoms with van der Waals surface area (Å²) < 4.78 is 4.09. The minimum Gasteiger partial charge on any atom is -0.240 e. The molecule has 1 heterocycles. The Bertz CT molecular complexity index is 482. The van der Waals surface area contributed by atoms with E-state index in [1.54, 1.807) is 0 Å². The number of aromatic nitrogens is 2. The average Bonchev–Trinajstić information content (AvgIpc) is 2.65. The zero-order valence-corrected chi connectivity index (χ0v) is 13.0. The maximum absolute atomic E-state index is 4.30. The summed E-state index contributed by atoms with van der Waals surface area (Å²) in [7, 11) is 0. The molecule has 0 radical (unpaired) electrons. The van der Waals surface area contributed by atoms with Crippen LogP contribution in [0.25, 0.3) is 5.69 Å². The van der Waals surface area contributed by atoms with Crippen LogP contribution in [0, 0.1) is 3.57 Å². The van der Waals surface area contributed by atoms with Gasteiger partial charge >= 0.3 is 0 Å². The molecule has 0 fully saturated rings. The van der Waals surface area contributed by atoms with Gasteiger partial charge in [0.25, 0.3) is 0 Å². The van der Waals surface area contributed by atoms with E-state index in [0.29, 0.717) is 0 Å². The van der Waals surface area contributed by atoms with Crippen molar-refractivity contribution in [2.75, 3.05) is 0 Å². The Labute approximate surface area is 118 Å². The number of rotatable bonds is 2. The maximum Gasteiger partial charge on any atom is 0.0697 e. The molecule has 0 saturated heterocycles. The summed E-state index contributed by atoms with van der Waals surface area (Å²) in [5, 5.41) is 5.13. The van der Waals surface area contributed by atoms with Gasteiger partial charge in [-0.3, -0.25) is 0 Å². The van der Waals surface area contributed by atoms with Crippen LogP contribution in [0.15, 0.2) is 35.1 Å². The van der Waals surface area contributed by atoms with E-state index in [4.69, 9.17) is 0 Å². The zero-order valence-electron chi connectivity index (χ0n) is 7.62. The molecule has 2 aromatic rings. The second-order valence-corrected chi connectivity index (χ2v) is 5.73. The second kappa shape index (κ2) is 4.97. The molecule has 0 aliphatic rings. The summed E-state index contributed by atoms with van der Waals surface area (Å²) in [6.45, 7) is 0. The highest BCUT2D eigenvalue weighted by atomic mass is 127. The molecule has 0 saturated carbocycles. The first kappa shape index (κ1) is 11.6. The van der Waals surface area contributed by atoms with Gasteiger partial charge in [-0.1, -0.05) is 37.9 Å². The fraction of sp³-hybridized carbons (Fsp3) is 0.100. The van der Waals surface area contributed by atoms with Crippen molar-refractivity contribution < 1.29 is 0 Å². The SMILES string of the molecule is BrCc1ccc(Br)cc1-n1cc(I)cn1. The van der Waals surface area contributed by atoms with Gasteiger partial charge in [0.1, 0.15) is 0 Å². The fourth-order valence-corrected chi connectivity index (χ4v) is 2.51. The smallest absolute Gasteiger partial charge is 0.0697 e. The Kier molecular flexibility index (Phi) is 3.84. The Morgan fingerprint density at radius 3 is 2.80 bits per heavy atom. The molecule has 2 nitrogen and oxygen atoms in total. The summed E-state index contributed by atoms with van der Waals surface area (Å²) in [4.78, 5) is 0. The van der Waals surface area contributed by atoms with E-state index in [9.17, 15) is 0 Å². The topological polar surface area (TPSA) is 17.8 Å². The van der Waals surface area contributed by atoms with Crippen molar-refractivity contribution in [1.82, 2.24) is 9.78 Å². The molecule has 1 aromatic carbocycles. The monoisotopic (exact) mass is 440 g/mol. The standard InChI is InChI=1S/C10H7Br2IN2/c11-4-7-1-2-8(12)3-10(7)15-6-9(13)5-14-15/h1-3,5-6H,4H2. The summed E-state index contributed by atoms with van der Waals surface area (Å²) in [5.74, 6) is 0. The molecule has 0 aliphatic heterocycles. The summed E-state index contributed by atoms with van der Waals surface area (Å²) in [6.07, 6.45) is 3.86. The number of hydrogen-bond acceptors (Lipinski definition) is 1. The van der Waals surface area contributed by atoms with Crippen molar-refractivity contribution in [2.24, 2.45) is 0 Å². The van der Waals surface area contributed by atoms with Crippen molar-refractivity contribution in [3.63, 3.8) is 0 Å². The van der Waals surface area contributed by atoms with Crippen LogP contribution in [-0.4, -0.2) is 9.78 Å². The van der Waals surface area contributed by atoms with E-state index in [1.165, 1.54) is 5.56 Å². The van der Waals surface area contributed by atoms with Gasteiger partial charge in [-0.25, -0.2) is 4.68 Å². The molecule has 0 amide bonds. The summed E-state index contributed by atoms with van der Waals surface area (Å²) in [6, 6.07) is 6.19. The normalized spacial score (nSPS) is 10.6. The quantitative estimate of drug-likeness (QED) is 0.506. The van der Waals surface area contributed by atoms with E-state index in [1.807, 2.05) is 23.1 Å². The van der Waals surface area contributed by atoms with Crippen LogP contribution in [0.1, 0.15) is 5.56 Å². The predicted molar refractivity (Wildman–Crippen MR) is 76.6 cm³/mol. The van der Waals surface area contributed by atoms with Crippen LogP contribution >= 0.6 is 54.5 Å². The second-order valence-electron chi connectivity index (χ2n) is 3.01. The van der Waals surface area contributed by atoms with Crippen molar-refractivity contribution in [3.05, 3.63) is 44.2 Å². The fourth-order valence-electron chi connectivity index (χ4n) is 1.30. The summed E-state index contributed by atoms with van der Waals surface area (Å²) in [5.41, 5.74) is 2.32. The van der Waals surface area contributed by atoms with Crippen LogP contribution in [-0.2, 0) is 5.33 Å². The van der Waals surface area contributed by atoms with Crippen molar-refractivity contribution >= 4 is 54.5 Å². The van der Waals surface area contributed by atoms with E-state index < -0.39 is 0 Å². The van der Waals surface area contributed by atoms with Gasteiger partial charge in [0.2, 0.25) is 0 Å². The predicted octanol–water partition coefficient (Wildman–Crippen LogP) is 4.13. The molecule has 15 heavy (non-hydrogen) atoms. The molecule has 78 valence electrons. The van der Waals surface area contributed by atoms with Gasteiger partial charge in [-0.05, 0) is 40.3 Å². The Balaban J connectivity index is 2.55. The first-order valence-electron chi connectivity index (χ1n) is 4.25. The van der Waals surface area contributed by atoms with Gasteiger partial charge in [0.15, 0.2) is 0 Å². The number of halogens is 3. The van der Waals surface area contributed by atoms with Gasteiger partial charge < -0.3 is 0 Å². The minimum atomic E-state index is 0.825. The van der Waals surface area contributed by atoms with Crippen LogP contribution in [0.4, 0.5) is 0 Å². The lowest BCUT2D eigenvalue weighted by Crippen LogP contribution is -1.98. The highest BCUT2D eigenvalue weighted by Crippen LogP contribution is 2.22. The number of nitrogens with zero attached hydrogens (tertiary/aromatic N) is 2.